The molecule has 0 aliphatic rings. The maximum atomic E-state index is 9.18. The van der Waals surface area contributed by atoms with Gasteiger partial charge in [-0.3, -0.25) is 0 Å². The van der Waals surface area contributed by atoms with E-state index in [0.717, 1.165) is 19.5 Å². The fourth-order valence-electron chi connectivity index (χ4n) is 1.77. The number of aryl methyl sites for hydroxylation is 1. The number of thiophene rings is 1. The van der Waals surface area contributed by atoms with Crippen LogP contribution in [0.1, 0.15) is 22.9 Å². The highest BCUT2D eigenvalue weighted by molar-refractivity contribution is 7.10. The Bertz CT molecular complexity index is 461. The van der Waals surface area contributed by atoms with Gasteiger partial charge in [-0.1, -0.05) is 19.1 Å². The number of hydrogen-bond acceptors (Lipinski definition) is 3. The van der Waals surface area contributed by atoms with Gasteiger partial charge in [0.05, 0.1) is 0 Å². The van der Waals surface area contributed by atoms with Crippen LogP contribution in [0.2, 0.25) is 0 Å². The van der Waals surface area contributed by atoms with Crippen LogP contribution in [-0.4, -0.2) is 5.11 Å². The Kier molecular flexibility index (Phi) is 4.18. The van der Waals surface area contributed by atoms with Crippen molar-refractivity contribution in [1.29, 1.82) is 0 Å². The van der Waals surface area contributed by atoms with Crippen molar-refractivity contribution in [3.63, 3.8) is 0 Å². The van der Waals surface area contributed by atoms with Gasteiger partial charge in [0.25, 0.3) is 0 Å². The Balaban J connectivity index is 1.85. The predicted molar refractivity (Wildman–Crippen MR) is 72.3 cm³/mol. The first-order chi connectivity index (χ1) is 8.29. The van der Waals surface area contributed by atoms with Crippen molar-refractivity contribution < 1.29 is 5.11 Å². The Morgan fingerprint density at radius 1 is 1.12 bits per heavy atom. The minimum Gasteiger partial charge on any atom is -0.508 e. The van der Waals surface area contributed by atoms with Crippen molar-refractivity contribution >= 4 is 11.3 Å². The first-order valence-electron chi connectivity index (χ1n) is 5.83. The van der Waals surface area contributed by atoms with E-state index in [1.807, 2.05) is 23.5 Å². The number of phenolic OH excluding ortho intramolecular Hbond substituents is 1. The molecule has 0 amide bonds. The summed E-state index contributed by atoms with van der Waals surface area (Å²) < 4.78 is 0. The first kappa shape index (κ1) is 12.1. The number of hydrogen-bond donors (Lipinski definition) is 2. The second kappa shape index (κ2) is 5.84. The summed E-state index contributed by atoms with van der Waals surface area (Å²) in [7, 11) is 0. The number of phenols is 1. The second-order valence-electron chi connectivity index (χ2n) is 3.99. The minimum absolute atomic E-state index is 0.320. The lowest BCUT2D eigenvalue weighted by Crippen LogP contribution is -2.12. The lowest BCUT2D eigenvalue weighted by atomic mass is 10.2. The number of nitrogens with one attached hydrogen (secondary N) is 1. The van der Waals surface area contributed by atoms with Gasteiger partial charge < -0.3 is 10.4 Å². The summed E-state index contributed by atoms with van der Waals surface area (Å²) in [5.74, 6) is 0.320. The summed E-state index contributed by atoms with van der Waals surface area (Å²) >= 11 is 1.81. The summed E-state index contributed by atoms with van der Waals surface area (Å²) in [6.07, 6.45) is 1.10. The third-order valence-electron chi connectivity index (χ3n) is 2.77. The van der Waals surface area contributed by atoms with Gasteiger partial charge in [0, 0.05) is 18.0 Å². The molecule has 0 saturated heterocycles. The van der Waals surface area contributed by atoms with Gasteiger partial charge in [0.15, 0.2) is 0 Å². The molecule has 2 aromatic rings. The van der Waals surface area contributed by atoms with E-state index in [0.29, 0.717) is 5.75 Å². The van der Waals surface area contributed by atoms with Crippen LogP contribution in [0.3, 0.4) is 0 Å². The average molecular weight is 247 g/mol. The van der Waals surface area contributed by atoms with Crippen LogP contribution in [0.15, 0.2) is 35.7 Å². The average Bonchev–Trinajstić information content (AvgIpc) is 2.79. The molecule has 1 heterocycles. The largest absolute Gasteiger partial charge is 0.508 e. The molecule has 1 aromatic carbocycles. The van der Waals surface area contributed by atoms with Gasteiger partial charge in [0.1, 0.15) is 5.75 Å². The van der Waals surface area contributed by atoms with Crippen molar-refractivity contribution in [2.45, 2.75) is 26.4 Å². The summed E-state index contributed by atoms with van der Waals surface area (Å²) in [5.41, 5.74) is 2.63. The highest BCUT2D eigenvalue weighted by Gasteiger charge is 2.01. The lowest BCUT2D eigenvalue weighted by Gasteiger charge is -2.05. The topological polar surface area (TPSA) is 32.3 Å². The van der Waals surface area contributed by atoms with Gasteiger partial charge in [-0.05, 0) is 41.1 Å². The van der Waals surface area contributed by atoms with Gasteiger partial charge in [-0.25, -0.2) is 0 Å². The van der Waals surface area contributed by atoms with E-state index in [-0.39, 0.29) is 0 Å². The van der Waals surface area contributed by atoms with E-state index in [1.165, 1.54) is 16.0 Å². The van der Waals surface area contributed by atoms with Gasteiger partial charge >= 0.3 is 0 Å². The fourth-order valence-corrected chi connectivity index (χ4v) is 2.72. The molecule has 0 saturated carbocycles. The van der Waals surface area contributed by atoms with Crippen LogP contribution in [0.5, 0.6) is 5.75 Å². The Hall–Kier alpha value is -1.32. The van der Waals surface area contributed by atoms with E-state index < -0.39 is 0 Å². The third kappa shape index (κ3) is 3.32. The highest BCUT2D eigenvalue weighted by Crippen LogP contribution is 2.17. The quantitative estimate of drug-likeness (QED) is 0.849. The first-order valence-corrected chi connectivity index (χ1v) is 6.71. The maximum Gasteiger partial charge on any atom is 0.115 e. The SMILES string of the molecule is CCc1ccsc1CNCc1ccc(O)cc1. The Morgan fingerprint density at radius 3 is 2.59 bits per heavy atom. The van der Waals surface area contributed by atoms with E-state index in [1.54, 1.807) is 12.1 Å². The standard InChI is InChI=1S/C14H17NOS/c1-2-12-7-8-17-14(12)10-15-9-11-3-5-13(16)6-4-11/h3-8,15-16H,2,9-10H2,1H3. The monoisotopic (exact) mass is 247 g/mol. The van der Waals surface area contributed by atoms with Crippen molar-refractivity contribution in [1.82, 2.24) is 5.32 Å². The van der Waals surface area contributed by atoms with Crippen molar-refractivity contribution in [3.05, 3.63) is 51.7 Å². The molecular formula is C14H17NOS. The van der Waals surface area contributed by atoms with E-state index in [4.69, 9.17) is 0 Å². The molecule has 0 aliphatic heterocycles. The van der Waals surface area contributed by atoms with Crippen molar-refractivity contribution in [3.8, 4) is 5.75 Å². The van der Waals surface area contributed by atoms with Crippen LogP contribution < -0.4 is 5.32 Å². The van der Waals surface area contributed by atoms with E-state index in [2.05, 4.69) is 23.7 Å². The molecule has 0 unspecified atom stereocenters. The second-order valence-corrected chi connectivity index (χ2v) is 4.99. The molecule has 0 fully saturated rings. The summed E-state index contributed by atoms with van der Waals surface area (Å²) in [4.78, 5) is 1.42. The molecule has 0 radical (unpaired) electrons. The van der Waals surface area contributed by atoms with Crippen LogP contribution in [-0.2, 0) is 19.5 Å². The molecule has 0 aliphatic carbocycles. The molecule has 3 heteroatoms. The molecule has 2 nitrogen and oxygen atoms in total. The zero-order chi connectivity index (χ0) is 12.1. The zero-order valence-electron chi connectivity index (χ0n) is 9.94. The highest BCUT2D eigenvalue weighted by atomic mass is 32.1. The number of rotatable bonds is 5. The molecule has 0 atom stereocenters. The summed E-state index contributed by atoms with van der Waals surface area (Å²) in [5, 5.41) is 14.8. The summed E-state index contributed by atoms with van der Waals surface area (Å²) in [6, 6.07) is 9.52. The van der Waals surface area contributed by atoms with Gasteiger partial charge in [-0.15, -0.1) is 11.3 Å². The van der Waals surface area contributed by atoms with E-state index in [9.17, 15) is 5.11 Å². The third-order valence-corrected chi connectivity index (χ3v) is 3.73. The molecular weight excluding hydrogens is 230 g/mol. The smallest absolute Gasteiger partial charge is 0.115 e. The van der Waals surface area contributed by atoms with Crippen LogP contribution >= 0.6 is 11.3 Å². The Labute approximate surface area is 106 Å². The fraction of sp³-hybridized carbons (Fsp3) is 0.286. The van der Waals surface area contributed by atoms with Crippen molar-refractivity contribution in [2.75, 3.05) is 0 Å². The maximum absolute atomic E-state index is 9.18. The predicted octanol–water partition coefficient (Wildman–Crippen LogP) is 3.31. The molecule has 0 bridgehead atoms. The molecule has 90 valence electrons. The number of aromatic hydroxyl groups is 1. The molecule has 17 heavy (non-hydrogen) atoms. The number of benzene rings is 1. The zero-order valence-corrected chi connectivity index (χ0v) is 10.8. The molecule has 2 rings (SSSR count). The normalized spacial score (nSPS) is 10.6. The minimum atomic E-state index is 0.320. The Morgan fingerprint density at radius 2 is 1.88 bits per heavy atom. The van der Waals surface area contributed by atoms with Gasteiger partial charge in [0.2, 0.25) is 0 Å². The van der Waals surface area contributed by atoms with Crippen LogP contribution in [0.25, 0.3) is 0 Å². The summed E-state index contributed by atoms with van der Waals surface area (Å²) in [6.45, 7) is 3.94. The van der Waals surface area contributed by atoms with Crippen LogP contribution in [0.4, 0.5) is 0 Å². The molecule has 1 aromatic heterocycles. The molecule has 2 N–H and O–H groups in total. The lowest BCUT2D eigenvalue weighted by molar-refractivity contribution is 0.475. The van der Waals surface area contributed by atoms with Crippen molar-refractivity contribution in [2.24, 2.45) is 0 Å². The van der Waals surface area contributed by atoms with Crippen LogP contribution in [0, 0.1) is 0 Å². The van der Waals surface area contributed by atoms with Gasteiger partial charge in [-0.2, -0.15) is 0 Å². The van der Waals surface area contributed by atoms with E-state index >= 15 is 0 Å². The molecule has 0 spiro atoms.